The molecule has 5 rings (SSSR count). The highest BCUT2D eigenvalue weighted by atomic mass is 35.5. The zero-order valence-corrected chi connectivity index (χ0v) is 18.6. The standard InChI is InChI=1S/C22H24ClN5O2S/c23-15-3-1-14(2-4-15)17-13-31-22-20(17)21(30)25-18(26-22)11-27-7-9-28(10-8-27)12-19(29)24-16-5-6-16/h1-4,13,16H,5-12H2,(H,24,29)(H,25,26,30). The predicted molar refractivity (Wildman–Crippen MR) is 124 cm³/mol. The van der Waals surface area contributed by atoms with Crippen molar-refractivity contribution in [3.63, 3.8) is 0 Å². The fraction of sp³-hybridized carbons (Fsp3) is 0.409. The van der Waals surface area contributed by atoms with Crippen LogP contribution in [0, 0.1) is 0 Å². The van der Waals surface area contributed by atoms with Crippen LogP contribution >= 0.6 is 22.9 Å². The number of carbonyl (C=O) groups is 1. The molecular formula is C22H24ClN5O2S. The SMILES string of the molecule is O=C(CN1CCN(Cc2nc3scc(-c4ccc(Cl)cc4)c3c(=O)[nH]2)CC1)NC1CC1. The number of aromatic nitrogens is 2. The van der Waals surface area contributed by atoms with Gasteiger partial charge in [-0.3, -0.25) is 19.4 Å². The number of amides is 1. The van der Waals surface area contributed by atoms with Gasteiger partial charge in [-0.1, -0.05) is 23.7 Å². The van der Waals surface area contributed by atoms with E-state index in [-0.39, 0.29) is 11.5 Å². The molecule has 0 atom stereocenters. The third kappa shape index (κ3) is 4.82. The second kappa shape index (κ2) is 8.70. The number of thiophene rings is 1. The number of fused-ring (bicyclic) bond motifs is 1. The normalized spacial score (nSPS) is 17.8. The van der Waals surface area contributed by atoms with Crippen LogP contribution in [0.25, 0.3) is 21.3 Å². The Hall–Kier alpha value is -2.26. The van der Waals surface area contributed by atoms with E-state index >= 15 is 0 Å². The summed E-state index contributed by atoms with van der Waals surface area (Å²) in [6, 6.07) is 7.89. The van der Waals surface area contributed by atoms with Gasteiger partial charge in [-0.15, -0.1) is 11.3 Å². The molecule has 9 heteroatoms. The summed E-state index contributed by atoms with van der Waals surface area (Å²) < 4.78 is 0. The molecule has 2 N–H and O–H groups in total. The molecule has 31 heavy (non-hydrogen) atoms. The Morgan fingerprint density at radius 3 is 2.58 bits per heavy atom. The molecule has 2 fully saturated rings. The van der Waals surface area contributed by atoms with Crippen molar-refractivity contribution in [1.29, 1.82) is 0 Å². The summed E-state index contributed by atoms with van der Waals surface area (Å²) in [5, 5.41) is 6.32. The number of H-pyrrole nitrogens is 1. The number of benzene rings is 1. The monoisotopic (exact) mass is 457 g/mol. The highest BCUT2D eigenvalue weighted by molar-refractivity contribution is 7.17. The smallest absolute Gasteiger partial charge is 0.260 e. The van der Waals surface area contributed by atoms with Gasteiger partial charge in [0.2, 0.25) is 5.91 Å². The number of piperazine rings is 1. The highest BCUT2D eigenvalue weighted by Crippen LogP contribution is 2.31. The van der Waals surface area contributed by atoms with E-state index in [2.05, 4.69) is 20.1 Å². The zero-order valence-electron chi connectivity index (χ0n) is 17.1. The molecule has 1 aliphatic heterocycles. The lowest BCUT2D eigenvalue weighted by atomic mass is 10.1. The number of halogens is 1. The fourth-order valence-electron chi connectivity index (χ4n) is 3.93. The molecule has 1 saturated carbocycles. The van der Waals surface area contributed by atoms with Gasteiger partial charge in [-0.2, -0.15) is 0 Å². The molecule has 0 spiro atoms. The topological polar surface area (TPSA) is 81.3 Å². The van der Waals surface area contributed by atoms with E-state index in [1.165, 1.54) is 11.3 Å². The van der Waals surface area contributed by atoms with E-state index in [1.54, 1.807) is 0 Å². The van der Waals surface area contributed by atoms with Crippen LogP contribution in [0.4, 0.5) is 0 Å². The third-order valence-electron chi connectivity index (χ3n) is 5.80. The van der Waals surface area contributed by atoms with Gasteiger partial charge < -0.3 is 10.3 Å². The highest BCUT2D eigenvalue weighted by Gasteiger charge is 2.25. The minimum atomic E-state index is -0.110. The predicted octanol–water partition coefficient (Wildman–Crippen LogP) is 2.70. The molecule has 0 bridgehead atoms. The van der Waals surface area contributed by atoms with Crippen LogP contribution in [-0.4, -0.2) is 64.4 Å². The van der Waals surface area contributed by atoms with E-state index in [4.69, 9.17) is 16.6 Å². The number of hydrogen-bond acceptors (Lipinski definition) is 6. The molecule has 0 unspecified atom stereocenters. The van der Waals surface area contributed by atoms with Crippen molar-refractivity contribution < 1.29 is 4.79 Å². The summed E-state index contributed by atoms with van der Waals surface area (Å²) in [5.41, 5.74) is 1.73. The van der Waals surface area contributed by atoms with E-state index in [0.717, 1.165) is 55.0 Å². The molecule has 162 valence electrons. The van der Waals surface area contributed by atoms with E-state index < -0.39 is 0 Å². The Morgan fingerprint density at radius 1 is 1.16 bits per heavy atom. The Kier molecular flexibility index (Phi) is 5.79. The molecule has 0 radical (unpaired) electrons. The van der Waals surface area contributed by atoms with Crippen LogP contribution < -0.4 is 10.9 Å². The first-order valence-corrected chi connectivity index (χ1v) is 11.8. The maximum atomic E-state index is 12.8. The van der Waals surface area contributed by atoms with Crippen molar-refractivity contribution in [2.75, 3.05) is 32.7 Å². The average molecular weight is 458 g/mol. The van der Waals surface area contributed by atoms with Gasteiger partial charge in [0, 0.05) is 48.2 Å². The van der Waals surface area contributed by atoms with Gasteiger partial charge in [0.1, 0.15) is 10.7 Å². The molecule has 1 amide bonds. The molecule has 2 aliphatic rings. The first-order valence-electron chi connectivity index (χ1n) is 10.6. The van der Waals surface area contributed by atoms with Crippen LogP contribution in [0.2, 0.25) is 5.02 Å². The quantitative estimate of drug-likeness (QED) is 0.594. The van der Waals surface area contributed by atoms with Crippen molar-refractivity contribution in [2.45, 2.75) is 25.4 Å². The molecule has 1 saturated heterocycles. The average Bonchev–Trinajstić information content (AvgIpc) is 3.45. The summed E-state index contributed by atoms with van der Waals surface area (Å²) >= 11 is 7.47. The number of carbonyl (C=O) groups excluding carboxylic acids is 1. The first kappa shape index (κ1) is 20.6. The van der Waals surface area contributed by atoms with Crippen LogP contribution in [0.5, 0.6) is 0 Å². The lowest BCUT2D eigenvalue weighted by Gasteiger charge is -2.33. The maximum Gasteiger partial charge on any atom is 0.260 e. The number of nitrogens with one attached hydrogen (secondary N) is 2. The van der Waals surface area contributed by atoms with Crippen LogP contribution in [-0.2, 0) is 11.3 Å². The fourth-order valence-corrected chi connectivity index (χ4v) is 5.02. The summed E-state index contributed by atoms with van der Waals surface area (Å²) in [6.45, 7) is 4.43. The summed E-state index contributed by atoms with van der Waals surface area (Å²) in [4.78, 5) is 37.7. The molecule has 3 aromatic rings. The number of hydrogen-bond donors (Lipinski definition) is 2. The van der Waals surface area contributed by atoms with Gasteiger partial charge in [0.25, 0.3) is 5.56 Å². The van der Waals surface area contributed by atoms with E-state index in [1.807, 2.05) is 29.6 Å². The lowest BCUT2D eigenvalue weighted by Crippen LogP contribution is -2.49. The number of rotatable bonds is 6. The Balaban J connectivity index is 1.24. The van der Waals surface area contributed by atoms with Gasteiger partial charge in [-0.25, -0.2) is 4.98 Å². The molecule has 7 nitrogen and oxygen atoms in total. The van der Waals surface area contributed by atoms with Crippen LogP contribution in [0.1, 0.15) is 18.7 Å². The maximum absolute atomic E-state index is 12.8. The van der Waals surface area contributed by atoms with Gasteiger partial charge in [-0.05, 0) is 30.5 Å². The summed E-state index contributed by atoms with van der Waals surface area (Å²) in [6.07, 6.45) is 2.22. The molecule has 1 aromatic carbocycles. The first-order chi connectivity index (χ1) is 15.0. The summed E-state index contributed by atoms with van der Waals surface area (Å²) in [7, 11) is 0. The second-order valence-corrected chi connectivity index (χ2v) is 9.54. The van der Waals surface area contributed by atoms with Crippen molar-refractivity contribution in [2.24, 2.45) is 0 Å². The van der Waals surface area contributed by atoms with Crippen LogP contribution in [0.3, 0.4) is 0 Å². The van der Waals surface area contributed by atoms with E-state index in [0.29, 0.717) is 35.4 Å². The van der Waals surface area contributed by atoms with Crippen LogP contribution in [0.15, 0.2) is 34.4 Å². The molecule has 1 aliphatic carbocycles. The zero-order chi connectivity index (χ0) is 21.4. The van der Waals surface area contributed by atoms with Gasteiger partial charge in [0.05, 0.1) is 18.5 Å². The van der Waals surface area contributed by atoms with E-state index in [9.17, 15) is 9.59 Å². The molecule has 3 heterocycles. The number of aromatic amines is 1. The Bertz CT molecular complexity index is 1150. The van der Waals surface area contributed by atoms with Crippen molar-refractivity contribution in [1.82, 2.24) is 25.1 Å². The number of nitrogens with zero attached hydrogens (tertiary/aromatic N) is 3. The second-order valence-electron chi connectivity index (χ2n) is 8.24. The third-order valence-corrected chi connectivity index (χ3v) is 6.92. The van der Waals surface area contributed by atoms with Crippen molar-refractivity contribution in [3.8, 4) is 11.1 Å². The largest absolute Gasteiger partial charge is 0.352 e. The Labute approximate surface area is 189 Å². The van der Waals surface area contributed by atoms with Gasteiger partial charge in [0.15, 0.2) is 0 Å². The van der Waals surface area contributed by atoms with Crippen molar-refractivity contribution in [3.05, 3.63) is 50.8 Å². The molecular weight excluding hydrogens is 434 g/mol. The minimum absolute atomic E-state index is 0.110. The minimum Gasteiger partial charge on any atom is -0.352 e. The van der Waals surface area contributed by atoms with Crippen molar-refractivity contribution >= 4 is 39.1 Å². The summed E-state index contributed by atoms with van der Waals surface area (Å²) in [5.74, 6) is 0.809. The molecule has 2 aromatic heterocycles. The Morgan fingerprint density at radius 2 is 1.87 bits per heavy atom. The lowest BCUT2D eigenvalue weighted by molar-refractivity contribution is -0.122. The van der Waals surface area contributed by atoms with Gasteiger partial charge >= 0.3 is 0 Å².